The van der Waals surface area contributed by atoms with E-state index in [1.54, 1.807) is 19.1 Å². The molecule has 0 aromatic heterocycles. The fourth-order valence-corrected chi connectivity index (χ4v) is 2.91. The lowest BCUT2D eigenvalue weighted by atomic mass is 10.2. The molecule has 0 heterocycles. The number of carbonyl (C=O) groups excluding carboxylic acids is 1. The molecule has 0 spiro atoms. The molecule has 0 radical (unpaired) electrons. The van der Waals surface area contributed by atoms with Gasteiger partial charge in [-0.2, -0.15) is 8.42 Å². The molecule has 0 saturated heterocycles. The largest absolute Gasteiger partial charge is 0.379 e. The molecule has 3 N–H and O–H groups in total. The van der Waals surface area contributed by atoms with Crippen LogP contribution in [0.5, 0.6) is 5.75 Å². The topological polar surface area (TPSA) is 98.5 Å². The number of carbonyl (C=O) groups is 1. The molecule has 8 heteroatoms. The van der Waals surface area contributed by atoms with Crippen LogP contribution in [0.4, 0.5) is 5.69 Å². The van der Waals surface area contributed by atoms with Crippen LogP contribution in [-0.2, 0) is 14.9 Å². The van der Waals surface area contributed by atoms with Gasteiger partial charge < -0.3 is 15.2 Å². The molecule has 0 unspecified atom stereocenters. The lowest BCUT2D eigenvalue weighted by molar-refractivity contribution is -0.114. The second kappa shape index (κ2) is 6.99. The first-order valence-corrected chi connectivity index (χ1v) is 8.41. The molecule has 0 aliphatic carbocycles. The first-order chi connectivity index (χ1) is 10.8. The molecule has 122 valence electrons. The van der Waals surface area contributed by atoms with E-state index >= 15 is 0 Å². The Kier molecular flexibility index (Phi) is 5.25. The maximum absolute atomic E-state index is 12.3. The third kappa shape index (κ3) is 4.22. The molecule has 0 saturated carbocycles. The second-order valence-electron chi connectivity index (χ2n) is 4.68. The Morgan fingerprint density at radius 2 is 1.87 bits per heavy atom. The highest BCUT2D eigenvalue weighted by Crippen LogP contribution is 2.28. The van der Waals surface area contributed by atoms with Gasteiger partial charge >= 0.3 is 10.1 Å². The quantitative estimate of drug-likeness (QED) is 0.803. The molecule has 2 aromatic rings. The maximum Gasteiger partial charge on any atom is 0.339 e. The average molecular weight is 355 g/mol. The number of nitrogens with two attached hydrogens (primary N) is 1. The third-order valence-electron chi connectivity index (χ3n) is 3.03. The number of nitrogens with one attached hydrogen (secondary N) is 1. The fraction of sp³-hybridized carbons (Fsp3) is 0.133. The van der Waals surface area contributed by atoms with Gasteiger partial charge in [0, 0.05) is 16.3 Å². The third-order valence-corrected chi connectivity index (χ3v) is 4.69. The van der Waals surface area contributed by atoms with Crippen LogP contribution in [-0.4, -0.2) is 20.9 Å². The van der Waals surface area contributed by atoms with Crippen molar-refractivity contribution in [2.75, 3.05) is 11.9 Å². The minimum absolute atomic E-state index is 0.0392. The van der Waals surface area contributed by atoms with Gasteiger partial charge in [-0.3, -0.25) is 4.79 Å². The van der Waals surface area contributed by atoms with Crippen LogP contribution in [0.1, 0.15) is 5.56 Å². The van der Waals surface area contributed by atoms with Crippen molar-refractivity contribution in [3.05, 3.63) is 53.1 Å². The van der Waals surface area contributed by atoms with E-state index in [1.165, 1.54) is 30.3 Å². The number of amides is 1. The van der Waals surface area contributed by atoms with Crippen molar-refractivity contribution in [1.82, 2.24) is 0 Å². The molecule has 0 atom stereocenters. The van der Waals surface area contributed by atoms with Crippen molar-refractivity contribution in [2.24, 2.45) is 5.73 Å². The molecule has 23 heavy (non-hydrogen) atoms. The fourth-order valence-electron chi connectivity index (χ4n) is 1.76. The minimum atomic E-state index is -4.00. The van der Waals surface area contributed by atoms with Gasteiger partial charge in [-0.05, 0) is 43.3 Å². The number of benzene rings is 2. The Labute approximate surface area is 139 Å². The summed E-state index contributed by atoms with van der Waals surface area (Å²) < 4.78 is 29.7. The van der Waals surface area contributed by atoms with Gasteiger partial charge in [-0.25, -0.2) is 0 Å². The lowest BCUT2D eigenvalue weighted by Gasteiger charge is -2.11. The van der Waals surface area contributed by atoms with Gasteiger partial charge in [0.15, 0.2) is 0 Å². The SMILES string of the molecule is Cc1c(Cl)cccc1OS(=O)(=O)c1ccc(NC(=O)CN)cc1. The number of halogens is 1. The van der Waals surface area contributed by atoms with Crippen LogP contribution in [0, 0.1) is 6.92 Å². The molecule has 2 aromatic carbocycles. The van der Waals surface area contributed by atoms with Crippen molar-refractivity contribution in [3.8, 4) is 5.75 Å². The van der Waals surface area contributed by atoms with E-state index in [2.05, 4.69) is 5.32 Å². The van der Waals surface area contributed by atoms with Gasteiger partial charge in [-0.15, -0.1) is 0 Å². The molecule has 0 fully saturated rings. The zero-order valence-corrected chi connectivity index (χ0v) is 13.8. The van der Waals surface area contributed by atoms with Crippen molar-refractivity contribution < 1.29 is 17.4 Å². The van der Waals surface area contributed by atoms with E-state index in [9.17, 15) is 13.2 Å². The van der Waals surface area contributed by atoms with E-state index in [4.69, 9.17) is 21.5 Å². The van der Waals surface area contributed by atoms with Crippen LogP contribution in [0.3, 0.4) is 0 Å². The zero-order chi connectivity index (χ0) is 17.0. The molecular weight excluding hydrogens is 340 g/mol. The molecule has 0 bridgehead atoms. The number of hydrogen-bond acceptors (Lipinski definition) is 5. The van der Waals surface area contributed by atoms with Crippen molar-refractivity contribution in [2.45, 2.75) is 11.8 Å². The standard InChI is InChI=1S/C15H15ClN2O4S/c1-10-13(16)3-2-4-14(10)22-23(20,21)12-7-5-11(6-8-12)18-15(19)9-17/h2-8H,9,17H2,1H3,(H,18,19). The predicted octanol–water partition coefficient (Wildman–Crippen LogP) is 2.31. The lowest BCUT2D eigenvalue weighted by Crippen LogP contribution is -2.21. The summed E-state index contributed by atoms with van der Waals surface area (Å²) in [5.41, 5.74) is 6.17. The van der Waals surface area contributed by atoms with Gasteiger partial charge in [0.1, 0.15) is 10.6 Å². The Hall–Kier alpha value is -2.09. The zero-order valence-electron chi connectivity index (χ0n) is 12.2. The Bertz CT molecular complexity index is 820. The van der Waals surface area contributed by atoms with Crippen molar-refractivity contribution in [3.63, 3.8) is 0 Å². The maximum atomic E-state index is 12.3. The number of anilines is 1. The summed E-state index contributed by atoms with van der Waals surface area (Å²) in [6.07, 6.45) is 0. The van der Waals surface area contributed by atoms with Crippen LogP contribution in [0.15, 0.2) is 47.4 Å². The van der Waals surface area contributed by atoms with Crippen LogP contribution < -0.4 is 15.2 Å². The normalized spacial score (nSPS) is 11.1. The van der Waals surface area contributed by atoms with Crippen LogP contribution in [0.2, 0.25) is 5.02 Å². The average Bonchev–Trinajstić information content (AvgIpc) is 2.52. The van der Waals surface area contributed by atoms with Gasteiger partial charge in [0.2, 0.25) is 5.91 Å². The molecule has 6 nitrogen and oxygen atoms in total. The van der Waals surface area contributed by atoms with Crippen LogP contribution in [0.25, 0.3) is 0 Å². The van der Waals surface area contributed by atoms with Crippen LogP contribution >= 0.6 is 11.6 Å². The summed E-state index contributed by atoms with van der Waals surface area (Å²) in [4.78, 5) is 11.1. The van der Waals surface area contributed by atoms with Crippen molar-refractivity contribution in [1.29, 1.82) is 0 Å². The molecule has 1 amide bonds. The van der Waals surface area contributed by atoms with Crippen molar-refractivity contribution >= 4 is 33.3 Å². The summed E-state index contributed by atoms with van der Waals surface area (Å²) in [6, 6.07) is 10.3. The predicted molar refractivity (Wildman–Crippen MR) is 88.1 cm³/mol. The molecule has 0 aliphatic heterocycles. The highest BCUT2D eigenvalue weighted by molar-refractivity contribution is 7.87. The Morgan fingerprint density at radius 1 is 1.22 bits per heavy atom. The highest BCUT2D eigenvalue weighted by atomic mass is 35.5. The summed E-state index contributed by atoms with van der Waals surface area (Å²) in [7, 11) is -4.00. The first-order valence-electron chi connectivity index (χ1n) is 6.63. The van der Waals surface area contributed by atoms with Gasteiger partial charge in [-0.1, -0.05) is 17.7 Å². The van der Waals surface area contributed by atoms with Gasteiger partial charge in [0.25, 0.3) is 0 Å². The number of hydrogen-bond donors (Lipinski definition) is 2. The van der Waals surface area contributed by atoms with Gasteiger partial charge in [0.05, 0.1) is 6.54 Å². The monoisotopic (exact) mass is 354 g/mol. The van der Waals surface area contributed by atoms with E-state index < -0.39 is 10.1 Å². The smallest absolute Gasteiger partial charge is 0.339 e. The Balaban J connectivity index is 2.23. The summed E-state index contributed by atoms with van der Waals surface area (Å²) in [6.45, 7) is 1.51. The number of rotatable bonds is 5. The second-order valence-corrected chi connectivity index (χ2v) is 6.63. The molecular formula is C15H15ClN2O4S. The highest BCUT2D eigenvalue weighted by Gasteiger charge is 2.18. The molecule has 0 aliphatic rings. The van der Waals surface area contributed by atoms with E-state index in [1.807, 2.05) is 0 Å². The summed E-state index contributed by atoms with van der Waals surface area (Å²) in [5.74, 6) is -0.204. The Morgan fingerprint density at radius 3 is 2.48 bits per heavy atom. The van der Waals surface area contributed by atoms with E-state index in [-0.39, 0.29) is 23.1 Å². The summed E-state index contributed by atoms with van der Waals surface area (Å²) in [5, 5.41) is 2.93. The minimum Gasteiger partial charge on any atom is -0.379 e. The molecule has 2 rings (SSSR count). The van der Waals surface area contributed by atoms with E-state index in [0.717, 1.165) is 0 Å². The summed E-state index contributed by atoms with van der Waals surface area (Å²) >= 11 is 5.95. The van der Waals surface area contributed by atoms with E-state index in [0.29, 0.717) is 16.3 Å². The first kappa shape index (κ1) is 17.3.